The smallest absolute Gasteiger partial charge is 0.0974 e. The molecule has 0 bridgehead atoms. The molecule has 0 amide bonds. The average molecular weight is 488 g/mol. The maximum absolute atomic E-state index is 6.16. The molecular weight excluding hydrogens is 454 g/mol. The van der Waals surface area contributed by atoms with Crippen molar-refractivity contribution in [1.29, 1.82) is 0 Å². The summed E-state index contributed by atoms with van der Waals surface area (Å²) >= 11 is 0. The van der Waals surface area contributed by atoms with E-state index in [0.717, 1.165) is 56.4 Å². The van der Waals surface area contributed by atoms with Gasteiger partial charge in [0.1, 0.15) is 0 Å². The standard InChI is InChI=1S/C30H27N5.C2H6/c1-32-25-15-7-12-22(18-25)29-30(23-13-8-16-26(19-23)33-2)35-28(21-11-6-14-24(31)17-21)27(34-29)20-9-4-3-5-10-20;1-2/h3-19,32-33H,31H2,1-2H3;1-2H3. The lowest BCUT2D eigenvalue weighted by Gasteiger charge is -2.17. The number of anilines is 3. The van der Waals surface area contributed by atoms with E-state index in [2.05, 4.69) is 47.0 Å². The third-order valence-corrected chi connectivity index (χ3v) is 5.95. The molecule has 5 rings (SSSR count). The molecule has 1 aromatic heterocycles. The Morgan fingerprint density at radius 3 is 1.35 bits per heavy atom. The number of nitrogens with zero attached hydrogens (tertiary/aromatic N) is 2. The van der Waals surface area contributed by atoms with Crippen molar-refractivity contribution in [2.75, 3.05) is 30.5 Å². The summed E-state index contributed by atoms with van der Waals surface area (Å²) in [6.07, 6.45) is 0. The van der Waals surface area contributed by atoms with Crippen molar-refractivity contribution >= 4 is 17.1 Å². The average Bonchev–Trinajstić information content (AvgIpc) is 2.98. The zero-order valence-electron chi connectivity index (χ0n) is 21.8. The molecule has 0 atom stereocenters. The Hall–Kier alpha value is -4.64. The molecule has 5 heteroatoms. The summed E-state index contributed by atoms with van der Waals surface area (Å²) in [6.45, 7) is 4.00. The molecule has 0 spiro atoms. The van der Waals surface area contributed by atoms with Gasteiger partial charge in [0.2, 0.25) is 0 Å². The number of rotatable bonds is 6. The Labute approximate surface area is 219 Å². The van der Waals surface area contributed by atoms with Crippen molar-refractivity contribution in [3.63, 3.8) is 0 Å². The van der Waals surface area contributed by atoms with Crippen LogP contribution >= 0.6 is 0 Å². The first-order chi connectivity index (χ1) is 18.2. The molecule has 0 aliphatic heterocycles. The van der Waals surface area contributed by atoms with Gasteiger partial charge in [-0.05, 0) is 36.4 Å². The minimum Gasteiger partial charge on any atom is -0.399 e. The van der Waals surface area contributed by atoms with Gasteiger partial charge < -0.3 is 16.4 Å². The first kappa shape index (κ1) is 25.5. The molecule has 0 saturated carbocycles. The quantitative estimate of drug-likeness (QED) is 0.213. The van der Waals surface area contributed by atoms with Crippen molar-refractivity contribution in [2.24, 2.45) is 0 Å². The van der Waals surface area contributed by atoms with E-state index < -0.39 is 0 Å². The van der Waals surface area contributed by atoms with Crippen LogP contribution in [0.1, 0.15) is 13.8 Å². The van der Waals surface area contributed by atoms with Crippen molar-refractivity contribution in [2.45, 2.75) is 13.8 Å². The van der Waals surface area contributed by atoms with Crippen LogP contribution in [0.2, 0.25) is 0 Å². The van der Waals surface area contributed by atoms with Crippen LogP contribution in [0.5, 0.6) is 0 Å². The maximum Gasteiger partial charge on any atom is 0.0974 e. The molecule has 0 saturated heterocycles. The van der Waals surface area contributed by atoms with Gasteiger partial charge in [-0.3, -0.25) is 0 Å². The number of nitrogen functional groups attached to an aromatic ring is 1. The second-order valence-corrected chi connectivity index (χ2v) is 8.27. The van der Waals surface area contributed by atoms with Crippen LogP contribution in [-0.2, 0) is 0 Å². The summed E-state index contributed by atoms with van der Waals surface area (Å²) in [5.74, 6) is 0. The van der Waals surface area contributed by atoms with Crippen LogP contribution in [0, 0.1) is 0 Å². The normalized spacial score (nSPS) is 10.3. The molecule has 0 fully saturated rings. The van der Waals surface area contributed by atoms with Gasteiger partial charge in [0.15, 0.2) is 0 Å². The summed E-state index contributed by atoms with van der Waals surface area (Å²) in [6, 6.07) is 34.5. The molecule has 4 N–H and O–H groups in total. The molecule has 5 aromatic rings. The fraction of sp³-hybridized carbons (Fsp3) is 0.125. The molecule has 0 unspecified atom stereocenters. The van der Waals surface area contributed by atoms with Crippen LogP contribution in [0.25, 0.3) is 45.0 Å². The highest BCUT2D eigenvalue weighted by Gasteiger charge is 2.20. The molecule has 5 nitrogen and oxygen atoms in total. The van der Waals surface area contributed by atoms with Crippen LogP contribution in [0.4, 0.5) is 17.1 Å². The third-order valence-electron chi connectivity index (χ3n) is 5.95. The third kappa shape index (κ3) is 5.62. The van der Waals surface area contributed by atoms with Crippen LogP contribution in [-0.4, -0.2) is 24.1 Å². The van der Waals surface area contributed by atoms with Gasteiger partial charge in [-0.15, -0.1) is 0 Å². The van der Waals surface area contributed by atoms with Crippen molar-refractivity contribution in [3.8, 4) is 45.0 Å². The summed E-state index contributed by atoms with van der Waals surface area (Å²) in [7, 11) is 3.83. The summed E-state index contributed by atoms with van der Waals surface area (Å²) in [5, 5.41) is 6.46. The first-order valence-corrected chi connectivity index (χ1v) is 12.6. The van der Waals surface area contributed by atoms with Crippen molar-refractivity contribution in [1.82, 2.24) is 9.97 Å². The van der Waals surface area contributed by atoms with Gasteiger partial charge in [0.25, 0.3) is 0 Å². The predicted molar refractivity (Wildman–Crippen MR) is 159 cm³/mol. The maximum atomic E-state index is 6.16. The van der Waals surface area contributed by atoms with E-state index >= 15 is 0 Å². The van der Waals surface area contributed by atoms with E-state index in [1.807, 2.05) is 94.7 Å². The highest BCUT2D eigenvalue weighted by atomic mass is 14.9. The van der Waals surface area contributed by atoms with E-state index in [0.29, 0.717) is 5.69 Å². The number of hydrogen-bond donors (Lipinski definition) is 3. The Balaban J connectivity index is 0.00000156. The Kier molecular flexibility index (Phi) is 8.16. The van der Waals surface area contributed by atoms with Gasteiger partial charge in [-0.2, -0.15) is 0 Å². The Bertz CT molecular complexity index is 1480. The Morgan fingerprint density at radius 1 is 0.486 bits per heavy atom. The second kappa shape index (κ2) is 11.9. The van der Waals surface area contributed by atoms with Gasteiger partial charge in [-0.1, -0.05) is 80.6 Å². The topological polar surface area (TPSA) is 75.9 Å². The van der Waals surface area contributed by atoms with E-state index in [9.17, 15) is 0 Å². The highest BCUT2D eigenvalue weighted by Crippen LogP contribution is 2.38. The van der Waals surface area contributed by atoms with Gasteiger partial charge >= 0.3 is 0 Å². The van der Waals surface area contributed by atoms with Crippen molar-refractivity contribution in [3.05, 3.63) is 103 Å². The van der Waals surface area contributed by atoms with E-state index in [-0.39, 0.29) is 0 Å². The lowest BCUT2D eigenvalue weighted by Crippen LogP contribution is -2.02. The van der Waals surface area contributed by atoms with Gasteiger partial charge in [0, 0.05) is 53.4 Å². The SMILES string of the molecule is CC.CNc1cccc(-c2nc(-c3ccccc3)c(-c3cccc(N)c3)nc2-c2cccc(NC)c2)c1. The zero-order valence-corrected chi connectivity index (χ0v) is 21.8. The predicted octanol–water partition coefficient (Wildman–Crippen LogP) is 7.84. The number of hydrogen-bond acceptors (Lipinski definition) is 5. The highest BCUT2D eigenvalue weighted by molar-refractivity contribution is 5.88. The second-order valence-electron chi connectivity index (χ2n) is 8.27. The number of benzene rings is 4. The molecule has 0 aliphatic rings. The summed E-state index contributed by atoms with van der Waals surface area (Å²) in [4.78, 5) is 10.5. The molecule has 37 heavy (non-hydrogen) atoms. The van der Waals surface area contributed by atoms with Crippen LogP contribution < -0.4 is 16.4 Å². The Morgan fingerprint density at radius 2 is 0.892 bits per heavy atom. The largest absolute Gasteiger partial charge is 0.399 e. The molecule has 186 valence electrons. The number of aromatic nitrogens is 2. The lowest BCUT2D eigenvalue weighted by molar-refractivity contribution is 1.21. The minimum absolute atomic E-state index is 0.688. The molecule has 4 aromatic carbocycles. The van der Waals surface area contributed by atoms with Crippen molar-refractivity contribution < 1.29 is 0 Å². The molecule has 1 heterocycles. The first-order valence-electron chi connectivity index (χ1n) is 12.6. The van der Waals surface area contributed by atoms with Gasteiger partial charge in [0.05, 0.1) is 22.8 Å². The molecule has 0 aliphatic carbocycles. The summed E-state index contributed by atoms with van der Waals surface area (Å²) < 4.78 is 0. The van der Waals surface area contributed by atoms with E-state index in [1.54, 1.807) is 0 Å². The van der Waals surface area contributed by atoms with E-state index in [4.69, 9.17) is 15.7 Å². The molecule has 0 radical (unpaired) electrons. The van der Waals surface area contributed by atoms with Crippen LogP contribution in [0.15, 0.2) is 103 Å². The van der Waals surface area contributed by atoms with Gasteiger partial charge in [-0.25, -0.2) is 9.97 Å². The number of nitrogens with two attached hydrogens (primary N) is 1. The lowest BCUT2D eigenvalue weighted by atomic mass is 9.98. The van der Waals surface area contributed by atoms with Crippen LogP contribution in [0.3, 0.4) is 0 Å². The monoisotopic (exact) mass is 487 g/mol. The number of nitrogens with one attached hydrogen (secondary N) is 2. The molecular formula is C32H33N5. The minimum atomic E-state index is 0.688. The summed E-state index contributed by atoms with van der Waals surface area (Å²) in [5.41, 5.74) is 16.0. The fourth-order valence-electron chi connectivity index (χ4n) is 4.17. The fourth-order valence-corrected chi connectivity index (χ4v) is 4.17. The zero-order chi connectivity index (χ0) is 26.2. The van der Waals surface area contributed by atoms with E-state index in [1.165, 1.54) is 0 Å².